The third-order valence-electron chi connectivity index (χ3n) is 5.21. The summed E-state index contributed by atoms with van der Waals surface area (Å²) in [4.78, 5) is 18.6. The highest BCUT2D eigenvalue weighted by Gasteiger charge is 2.29. The fraction of sp³-hybridized carbons (Fsp3) is 0.526. The van der Waals surface area contributed by atoms with Crippen LogP contribution in [0.15, 0.2) is 28.8 Å². The van der Waals surface area contributed by atoms with Crippen molar-refractivity contribution in [3.63, 3.8) is 0 Å². The molecule has 0 bridgehead atoms. The first-order chi connectivity index (χ1) is 13.2. The minimum absolute atomic E-state index is 0.199. The molecule has 2 aliphatic rings. The molecule has 2 saturated heterocycles. The van der Waals surface area contributed by atoms with Crippen molar-refractivity contribution < 1.29 is 18.4 Å². The van der Waals surface area contributed by atoms with Crippen molar-refractivity contribution in [2.24, 2.45) is 5.92 Å². The summed E-state index contributed by atoms with van der Waals surface area (Å²) >= 11 is 0. The summed E-state index contributed by atoms with van der Waals surface area (Å²) in [5, 5.41) is 6.74. The number of benzene rings is 1. The fourth-order valence-corrected chi connectivity index (χ4v) is 3.66. The minimum Gasteiger partial charge on any atom is -0.381 e. The second-order valence-electron chi connectivity index (χ2n) is 7.15. The van der Waals surface area contributed by atoms with Crippen LogP contribution in [0.2, 0.25) is 0 Å². The van der Waals surface area contributed by atoms with Gasteiger partial charge in [-0.25, -0.2) is 9.18 Å². The molecule has 2 aromatic rings. The Morgan fingerprint density at radius 3 is 2.89 bits per heavy atom. The molecule has 27 heavy (non-hydrogen) atoms. The third-order valence-corrected chi connectivity index (χ3v) is 5.21. The summed E-state index contributed by atoms with van der Waals surface area (Å²) in [5.41, 5.74) is 0.199. The Bertz CT molecular complexity index is 791. The van der Waals surface area contributed by atoms with Gasteiger partial charge < -0.3 is 19.5 Å². The van der Waals surface area contributed by atoms with Gasteiger partial charge >= 0.3 is 6.03 Å². The maximum Gasteiger partial charge on any atom is 0.321 e. The number of carbonyl (C=O) groups excluding carboxylic acids is 1. The molecule has 0 spiro atoms. The number of carbonyl (C=O) groups is 1. The van der Waals surface area contributed by atoms with E-state index in [0.29, 0.717) is 31.2 Å². The van der Waals surface area contributed by atoms with Crippen LogP contribution in [0.1, 0.15) is 36.9 Å². The SMILES string of the molecule is O=C(Nc1ccccc1F)N1CCC(Cc2noc(C3CCOCC3)n2)C1. The Hall–Kier alpha value is -2.48. The zero-order chi connectivity index (χ0) is 18.6. The maximum atomic E-state index is 13.7. The first-order valence-corrected chi connectivity index (χ1v) is 9.39. The molecule has 8 heteroatoms. The van der Waals surface area contributed by atoms with Gasteiger partial charge in [-0.1, -0.05) is 17.3 Å². The van der Waals surface area contributed by atoms with Crippen LogP contribution >= 0.6 is 0 Å². The van der Waals surface area contributed by atoms with Crippen molar-refractivity contribution in [3.05, 3.63) is 41.8 Å². The summed E-state index contributed by atoms with van der Waals surface area (Å²) in [7, 11) is 0. The molecule has 1 atom stereocenters. The van der Waals surface area contributed by atoms with Crippen molar-refractivity contribution in [1.29, 1.82) is 0 Å². The Morgan fingerprint density at radius 1 is 1.26 bits per heavy atom. The number of para-hydroxylation sites is 1. The topological polar surface area (TPSA) is 80.5 Å². The molecule has 1 N–H and O–H groups in total. The Balaban J connectivity index is 1.30. The standard InChI is InChI=1S/C19H23FN4O3/c20-15-3-1-2-4-16(15)21-19(25)24-8-5-13(12-24)11-17-22-18(27-23-17)14-6-9-26-10-7-14/h1-4,13-14H,5-12H2,(H,21,25). The number of hydrogen-bond donors (Lipinski definition) is 1. The van der Waals surface area contributed by atoms with Crippen LogP contribution in [-0.4, -0.2) is 47.4 Å². The number of urea groups is 1. The average Bonchev–Trinajstić information content (AvgIpc) is 3.34. The van der Waals surface area contributed by atoms with Gasteiger partial charge in [-0.3, -0.25) is 0 Å². The Labute approximate surface area is 156 Å². The summed E-state index contributed by atoms with van der Waals surface area (Å²) in [5.74, 6) is 1.51. The lowest BCUT2D eigenvalue weighted by Crippen LogP contribution is -2.33. The lowest BCUT2D eigenvalue weighted by molar-refractivity contribution is 0.0778. The number of nitrogens with zero attached hydrogens (tertiary/aromatic N) is 3. The van der Waals surface area contributed by atoms with E-state index in [9.17, 15) is 9.18 Å². The molecule has 0 saturated carbocycles. The van der Waals surface area contributed by atoms with E-state index >= 15 is 0 Å². The van der Waals surface area contributed by atoms with Gasteiger partial charge in [-0.15, -0.1) is 0 Å². The molecule has 4 rings (SSSR count). The Kier molecular flexibility index (Phi) is 5.33. The highest BCUT2D eigenvalue weighted by molar-refractivity contribution is 5.89. The normalized spacial score (nSPS) is 20.8. The van der Waals surface area contributed by atoms with E-state index < -0.39 is 5.82 Å². The zero-order valence-corrected chi connectivity index (χ0v) is 15.1. The number of nitrogens with one attached hydrogen (secondary N) is 1. The molecule has 144 valence electrons. The van der Waals surface area contributed by atoms with E-state index in [1.165, 1.54) is 6.07 Å². The van der Waals surface area contributed by atoms with Gasteiger partial charge in [-0.2, -0.15) is 4.98 Å². The van der Waals surface area contributed by atoms with Crippen molar-refractivity contribution in [1.82, 2.24) is 15.0 Å². The van der Waals surface area contributed by atoms with Gasteiger partial charge in [0.1, 0.15) is 5.82 Å². The number of amides is 2. The maximum absolute atomic E-state index is 13.7. The summed E-state index contributed by atoms with van der Waals surface area (Å²) in [6.07, 6.45) is 3.37. The molecule has 1 unspecified atom stereocenters. The number of aromatic nitrogens is 2. The molecule has 1 aromatic carbocycles. The van der Waals surface area contributed by atoms with Crippen LogP contribution in [0.5, 0.6) is 0 Å². The smallest absolute Gasteiger partial charge is 0.321 e. The summed E-state index contributed by atoms with van der Waals surface area (Å²) < 4.78 is 24.5. The van der Waals surface area contributed by atoms with Gasteiger partial charge in [0.2, 0.25) is 5.89 Å². The predicted octanol–water partition coefficient (Wildman–Crippen LogP) is 3.20. The highest BCUT2D eigenvalue weighted by atomic mass is 19.1. The largest absolute Gasteiger partial charge is 0.381 e. The van der Waals surface area contributed by atoms with E-state index in [1.54, 1.807) is 23.1 Å². The molecule has 3 heterocycles. The highest BCUT2D eigenvalue weighted by Crippen LogP contribution is 2.27. The van der Waals surface area contributed by atoms with Crippen LogP contribution < -0.4 is 5.32 Å². The number of anilines is 1. The van der Waals surface area contributed by atoms with Gasteiger partial charge in [0, 0.05) is 38.6 Å². The molecule has 0 aliphatic carbocycles. The molecule has 7 nitrogen and oxygen atoms in total. The molecule has 2 amide bonds. The van der Waals surface area contributed by atoms with E-state index in [2.05, 4.69) is 15.5 Å². The molecular weight excluding hydrogens is 351 g/mol. The number of halogens is 1. The number of ether oxygens (including phenoxy) is 1. The van der Waals surface area contributed by atoms with Gasteiger partial charge in [0.15, 0.2) is 5.82 Å². The lowest BCUT2D eigenvalue weighted by atomic mass is 10.0. The zero-order valence-electron chi connectivity index (χ0n) is 15.1. The predicted molar refractivity (Wildman–Crippen MR) is 95.9 cm³/mol. The van der Waals surface area contributed by atoms with Gasteiger partial charge in [-0.05, 0) is 37.3 Å². The average molecular weight is 374 g/mol. The van der Waals surface area contributed by atoms with Gasteiger partial charge in [0.05, 0.1) is 5.69 Å². The molecule has 2 fully saturated rings. The van der Waals surface area contributed by atoms with Crippen molar-refractivity contribution in [3.8, 4) is 0 Å². The van der Waals surface area contributed by atoms with Crippen molar-refractivity contribution in [2.75, 3.05) is 31.6 Å². The summed E-state index contributed by atoms with van der Waals surface area (Å²) in [6, 6.07) is 5.89. The quantitative estimate of drug-likeness (QED) is 0.889. The number of rotatable bonds is 4. The van der Waals surface area contributed by atoms with Crippen LogP contribution in [-0.2, 0) is 11.2 Å². The fourth-order valence-electron chi connectivity index (χ4n) is 3.66. The van der Waals surface area contributed by atoms with Crippen LogP contribution in [0.25, 0.3) is 0 Å². The summed E-state index contributed by atoms with van der Waals surface area (Å²) in [6.45, 7) is 2.70. The monoisotopic (exact) mass is 374 g/mol. The molecular formula is C19H23FN4O3. The van der Waals surface area contributed by atoms with Crippen LogP contribution in [0, 0.1) is 11.7 Å². The Morgan fingerprint density at radius 2 is 2.07 bits per heavy atom. The molecule has 2 aliphatic heterocycles. The van der Waals surface area contributed by atoms with Crippen molar-refractivity contribution in [2.45, 2.75) is 31.6 Å². The molecule has 1 aromatic heterocycles. The second-order valence-corrected chi connectivity index (χ2v) is 7.15. The van der Waals surface area contributed by atoms with Crippen molar-refractivity contribution >= 4 is 11.7 Å². The van der Waals surface area contributed by atoms with Crippen LogP contribution in [0.4, 0.5) is 14.9 Å². The van der Waals surface area contributed by atoms with E-state index in [0.717, 1.165) is 32.5 Å². The lowest BCUT2D eigenvalue weighted by Gasteiger charge is -2.18. The number of hydrogen-bond acceptors (Lipinski definition) is 5. The second kappa shape index (κ2) is 8.04. The van der Waals surface area contributed by atoms with Crippen LogP contribution in [0.3, 0.4) is 0 Å². The third kappa shape index (κ3) is 4.27. The van der Waals surface area contributed by atoms with E-state index in [1.807, 2.05) is 0 Å². The first kappa shape index (κ1) is 17.9. The minimum atomic E-state index is -0.436. The van der Waals surface area contributed by atoms with E-state index in [4.69, 9.17) is 9.26 Å². The number of likely N-dealkylation sites (tertiary alicyclic amines) is 1. The van der Waals surface area contributed by atoms with E-state index in [-0.39, 0.29) is 23.6 Å². The first-order valence-electron chi connectivity index (χ1n) is 9.39. The molecule has 0 radical (unpaired) electrons. The van der Waals surface area contributed by atoms with Gasteiger partial charge in [0.25, 0.3) is 0 Å².